The highest BCUT2D eigenvalue weighted by molar-refractivity contribution is 7.89. The summed E-state index contributed by atoms with van der Waals surface area (Å²) in [6, 6.07) is 5.03. The SMILES string of the molecule is O=C(O)c1cc(S(=O)(=O)NCc2ccncn2)ccc1Cl. The molecular weight excluding hydrogens is 318 g/mol. The molecule has 0 unspecified atom stereocenters. The number of carboxylic acid groups (broad SMARTS) is 1. The van der Waals surface area contributed by atoms with E-state index < -0.39 is 16.0 Å². The third-order valence-corrected chi connectivity index (χ3v) is 4.29. The van der Waals surface area contributed by atoms with Gasteiger partial charge in [0.15, 0.2) is 0 Å². The molecule has 0 spiro atoms. The summed E-state index contributed by atoms with van der Waals surface area (Å²) in [5, 5.41) is 8.92. The Kier molecular flexibility index (Phi) is 4.51. The van der Waals surface area contributed by atoms with Crippen molar-refractivity contribution in [2.75, 3.05) is 0 Å². The maximum atomic E-state index is 12.1. The van der Waals surface area contributed by atoms with Crippen LogP contribution in [0.1, 0.15) is 16.1 Å². The maximum absolute atomic E-state index is 12.1. The average Bonchev–Trinajstić information content (AvgIpc) is 2.46. The Balaban J connectivity index is 2.24. The number of hydrogen-bond acceptors (Lipinski definition) is 5. The van der Waals surface area contributed by atoms with Crippen molar-refractivity contribution >= 4 is 27.6 Å². The normalized spacial score (nSPS) is 11.3. The van der Waals surface area contributed by atoms with Crippen LogP contribution in [0.25, 0.3) is 0 Å². The lowest BCUT2D eigenvalue weighted by Crippen LogP contribution is -2.24. The largest absolute Gasteiger partial charge is 0.478 e. The van der Waals surface area contributed by atoms with Crippen LogP contribution in [0.5, 0.6) is 0 Å². The second kappa shape index (κ2) is 6.17. The van der Waals surface area contributed by atoms with E-state index in [0.717, 1.165) is 6.07 Å². The Morgan fingerprint density at radius 3 is 2.71 bits per heavy atom. The van der Waals surface area contributed by atoms with E-state index >= 15 is 0 Å². The van der Waals surface area contributed by atoms with Gasteiger partial charge >= 0.3 is 5.97 Å². The standard InChI is InChI=1S/C12H10ClN3O4S/c13-11-2-1-9(5-10(11)12(17)18)21(19,20)16-6-8-3-4-14-7-15-8/h1-5,7,16H,6H2,(H,17,18). The highest BCUT2D eigenvalue weighted by Gasteiger charge is 2.18. The predicted octanol–water partition coefficient (Wildman–Crippen LogP) is 1.31. The third kappa shape index (κ3) is 3.75. The fraction of sp³-hybridized carbons (Fsp3) is 0.0833. The van der Waals surface area contributed by atoms with E-state index in [-0.39, 0.29) is 22.0 Å². The lowest BCUT2D eigenvalue weighted by atomic mass is 10.2. The Hall–Kier alpha value is -2.03. The summed E-state index contributed by atoms with van der Waals surface area (Å²) in [5.74, 6) is -1.30. The van der Waals surface area contributed by atoms with Gasteiger partial charge in [-0.25, -0.2) is 27.9 Å². The van der Waals surface area contributed by atoms with E-state index in [1.54, 1.807) is 6.07 Å². The Morgan fingerprint density at radius 1 is 1.33 bits per heavy atom. The molecule has 1 heterocycles. The van der Waals surface area contributed by atoms with Crippen molar-refractivity contribution in [2.45, 2.75) is 11.4 Å². The highest BCUT2D eigenvalue weighted by Crippen LogP contribution is 2.20. The van der Waals surface area contributed by atoms with Gasteiger partial charge in [-0.3, -0.25) is 0 Å². The number of benzene rings is 1. The number of sulfonamides is 1. The van der Waals surface area contributed by atoms with Crippen molar-refractivity contribution in [3.63, 3.8) is 0 Å². The first-order valence-corrected chi connectivity index (χ1v) is 7.53. The fourth-order valence-corrected chi connectivity index (χ4v) is 2.73. The highest BCUT2D eigenvalue weighted by atomic mass is 35.5. The molecule has 0 amide bonds. The predicted molar refractivity (Wildman–Crippen MR) is 74.5 cm³/mol. The van der Waals surface area contributed by atoms with Crippen molar-refractivity contribution in [3.05, 3.63) is 53.1 Å². The van der Waals surface area contributed by atoms with Gasteiger partial charge < -0.3 is 5.11 Å². The molecule has 0 radical (unpaired) electrons. The molecule has 110 valence electrons. The fourth-order valence-electron chi connectivity index (χ4n) is 1.51. The minimum Gasteiger partial charge on any atom is -0.478 e. The second-order valence-corrected chi connectivity index (χ2v) is 6.15. The molecule has 0 saturated heterocycles. The summed E-state index contributed by atoms with van der Waals surface area (Å²) in [7, 11) is -3.86. The molecule has 0 atom stereocenters. The zero-order chi connectivity index (χ0) is 15.5. The average molecular weight is 328 g/mol. The van der Waals surface area contributed by atoms with Gasteiger partial charge in [0, 0.05) is 6.20 Å². The molecule has 0 aliphatic rings. The molecule has 1 aromatic heterocycles. The molecular formula is C12H10ClN3O4S. The van der Waals surface area contributed by atoms with E-state index in [2.05, 4.69) is 14.7 Å². The molecule has 2 rings (SSSR count). The quantitative estimate of drug-likeness (QED) is 0.856. The first-order chi connectivity index (χ1) is 9.90. The van der Waals surface area contributed by atoms with Crippen LogP contribution in [-0.2, 0) is 16.6 Å². The summed E-state index contributed by atoms with van der Waals surface area (Å²) >= 11 is 5.70. The smallest absolute Gasteiger partial charge is 0.337 e. The van der Waals surface area contributed by atoms with Gasteiger partial charge in [0.25, 0.3) is 0 Å². The number of nitrogens with one attached hydrogen (secondary N) is 1. The second-order valence-electron chi connectivity index (χ2n) is 3.97. The zero-order valence-electron chi connectivity index (χ0n) is 10.5. The van der Waals surface area contributed by atoms with Crippen LogP contribution in [0.2, 0.25) is 5.02 Å². The molecule has 21 heavy (non-hydrogen) atoms. The van der Waals surface area contributed by atoms with Crippen LogP contribution in [0.3, 0.4) is 0 Å². The number of rotatable bonds is 5. The summed E-state index contributed by atoms with van der Waals surface area (Å²) < 4.78 is 26.5. The van der Waals surface area contributed by atoms with Crippen molar-refractivity contribution in [1.82, 2.24) is 14.7 Å². The number of hydrogen-bond donors (Lipinski definition) is 2. The Bertz CT molecular complexity index is 765. The number of halogens is 1. The third-order valence-electron chi connectivity index (χ3n) is 2.57. The molecule has 1 aromatic carbocycles. The van der Waals surface area contributed by atoms with Crippen molar-refractivity contribution < 1.29 is 18.3 Å². The molecule has 0 fully saturated rings. The number of nitrogens with zero attached hydrogens (tertiary/aromatic N) is 2. The molecule has 9 heteroatoms. The molecule has 7 nitrogen and oxygen atoms in total. The van der Waals surface area contributed by atoms with E-state index in [0.29, 0.717) is 5.69 Å². The molecule has 0 bridgehead atoms. The first kappa shape index (κ1) is 15.4. The summed E-state index contributed by atoms with van der Waals surface area (Å²) in [5.41, 5.74) is 0.211. The number of carboxylic acids is 1. The molecule has 0 aliphatic heterocycles. The van der Waals surface area contributed by atoms with Gasteiger partial charge in [-0.15, -0.1) is 0 Å². The van der Waals surface area contributed by atoms with Crippen molar-refractivity contribution in [1.29, 1.82) is 0 Å². The number of aromatic nitrogens is 2. The number of aromatic carboxylic acids is 1. The van der Waals surface area contributed by atoms with Crippen LogP contribution >= 0.6 is 11.6 Å². The monoisotopic (exact) mass is 327 g/mol. The summed E-state index contributed by atoms with van der Waals surface area (Å²) in [4.78, 5) is 18.4. The summed E-state index contributed by atoms with van der Waals surface area (Å²) in [6.45, 7) is -0.0319. The van der Waals surface area contributed by atoms with Crippen LogP contribution < -0.4 is 4.72 Å². The van der Waals surface area contributed by atoms with Crippen LogP contribution in [-0.4, -0.2) is 29.5 Å². The van der Waals surface area contributed by atoms with E-state index in [4.69, 9.17) is 16.7 Å². The lowest BCUT2D eigenvalue weighted by molar-refractivity contribution is 0.0697. The van der Waals surface area contributed by atoms with Crippen LogP contribution in [0.4, 0.5) is 0 Å². The molecule has 2 aromatic rings. The van der Waals surface area contributed by atoms with Crippen molar-refractivity contribution in [3.8, 4) is 0 Å². The van der Waals surface area contributed by atoms with E-state index in [9.17, 15) is 13.2 Å². The van der Waals surface area contributed by atoms with Gasteiger partial charge in [-0.1, -0.05) is 11.6 Å². The van der Waals surface area contributed by atoms with Gasteiger partial charge in [-0.2, -0.15) is 0 Å². The van der Waals surface area contributed by atoms with Crippen molar-refractivity contribution in [2.24, 2.45) is 0 Å². The lowest BCUT2D eigenvalue weighted by Gasteiger charge is -2.07. The Labute approximate surface area is 125 Å². The zero-order valence-corrected chi connectivity index (χ0v) is 12.1. The summed E-state index contributed by atoms with van der Waals surface area (Å²) in [6.07, 6.45) is 2.79. The Morgan fingerprint density at radius 2 is 2.10 bits per heavy atom. The maximum Gasteiger partial charge on any atom is 0.337 e. The molecule has 2 N–H and O–H groups in total. The molecule has 0 saturated carbocycles. The van der Waals surface area contributed by atoms with E-state index in [1.165, 1.54) is 24.7 Å². The van der Waals surface area contributed by atoms with Crippen LogP contribution in [0, 0.1) is 0 Å². The number of carbonyl (C=O) groups is 1. The van der Waals surface area contributed by atoms with Gasteiger partial charge in [0.2, 0.25) is 10.0 Å². The van der Waals surface area contributed by atoms with Crippen LogP contribution in [0.15, 0.2) is 41.7 Å². The van der Waals surface area contributed by atoms with Gasteiger partial charge in [-0.05, 0) is 24.3 Å². The van der Waals surface area contributed by atoms with E-state index in [1.807, 2.05) is 0 Å². The minimum absolute atomic E-state index is 0.0303. The van der Waals surface area contributed by atoms with Gasteiger partial charge in [0.05, 0.1) is 27.7 Å². The topological polar surface area (TPSA) is 109 Å². The minimum atomic E-state index is -3.86. The molecule has 0 aliphatic carbocycles. The first-order valence-electron chi connectivity index (χ1n) is 5.67. The van der Waals surface area contributed by atoms with Gasteiger partial charge in [0.1, 0.15) is 6.33 Å².